The number of carbonyl (C=O) groups is 1. The third-order valence-electron chi connectivity index (χ3n) is 4.09. The first-order chi connectivity index (χ1) is 12.3. The molecule has 7 heteroatoms. The van der Waals surface area contributed by atoms with Crippen molar-refractivity contribution in [1.82, 2.24) is 0 Å². The summed E-state index contributed by atoms with van der Waals surface area (Å²) in [7, 11) is 0. The first kappa shape index (κ1) is 17.8. The summed E-state index contributed by atoms with van der Waals surface area (Å²) in [4.78, 5) is 24.1. The lowest BCUT2D eigenvalue weighted by atomic mass is 9.98. The molecule has 0 aliphatic rings. The van der Waals surface area contributed by atoms with E-state index in [1.807, 2.05) is 30.3 Å². The van der Waals surface area contributed by atoms with Crippen LogP contribution in [-0.4, -0.2) is 21.2 Å². The second-order valence-corrected chi connectivity index (χ2v) is 6.56. The third kappa shape index (κ3) is 2.97. The Morgan fingerprint density at radius 1 is 1.04 bits per heavy atom. The van der Waals surface area contributed by atoms with E-state index in [0.717, 1.165) is 11.6 Å². The highest BCUT2D eigenvalue weighted by molar-refractivity contribution is 9.10. The summed E-state index contributed by atoms with van der Waals surface area (Å²) in [5, 5.41) is 30.4. The number of fused-ring (bicyclic) bond motifs is 1. The predicted octanol–water partition coefficient (Wildman–Crippen LogP) is 2.77. The van der Waals surface area contributed by atoms with E-state index in [2.05, 4.69) is 15.9 Å². The molecule has 26 heavy (non-hydrogen) atoms. The molecular formula is C19H14BrNO5. The lowest BCUT2D eigenvalue weighted by Crippen LogP contribution is -2.10. The van der Waals surface area contributed by atoms with Crippen LogP contribution in [0.15, 0.2) is 51.7 Å². The fraction of sp³-hybridized carbons (Fsp3) is 0.0526. The second-order valence-electron chi connectivity index (χ2n) is 5.76. The van der Waals surface area contributed by atoms with Crippen molar-refractivity contribution in [3.05, 3.63) is 73.9 Å². The maximum Gasteiger partial charge on any atom is 0.248 e. The van der Waals surface area contributed by atoms with Crippen molar-refractivity contribution in [3.8, 4) is 17.2 Å². The average Bonchev–Trinajstić information content (AvgIpc) is 2.75. The van der Waals surface area contributed by atoms with Crippen molar-refractivity contribution in [3.63, 3.8) is 0 Å². The van der Waals surface area contributed by atoms with E-state index in [1.165, 1.54) is 6.07 Å². The number of nitrogens with two attached hydrogens (primary N) is 1. The van der Waals surface area contributed by atoms with Crippen LogP contribution in [0.2, 0.25) is 0 Å². The molecule has 3 aromatic rings. The van der Waals surface area contributed by atoms with Gasteiger partial charge in [-0.25, -0.2) is 0 Å². The SMILES string of the molecule is NC(=O)c1cc(O)c(=O)c2c(O)c(O)c(Br)c(Cc3ccccc3)c2c1. The van der Waals surface area contributed by atoms with Crippen LogP contribution in [0, 0.1) is 0 Å². The number of rotatable bonds is 3. The highest BCUT2D eigenvalue weighted by atomic mass is 79.9. The summed E-state index contributed by atoms with van der Waals surface area (Å²) in [6.07, 6.45) is 0.300. The van der Waals surface area contributed by atoms with Gasteiger partial charge in [-0.15, -0.1) is 0 Å². The fourth-order valence-electron chi connectivity index (χ4n) is 2.80. The average molecular weight is 416 g/mol. The Morgan fingerprint density at radius 3 is 2.31 bits per heavy atom. The largest absolute Gasteiger partial charge is 0.504 e. The predicted molar refractivity (Wildman–Crippen MR) is 101 cm³/mol. The minimum Gasteiger partial charge on any atom is -0.504 e. The van der Waals surface area contributed by atoms with Crippen molar-refractivity contribution < 1.29 is 20.1 Å². The molecule has 132 valence electrons. The minimum absolute atomic E-state index is 0.0964. The second kappa shape index (κ2) is 6.68. The van der Waals surface area contributed by atoms with Crippen LogP contribution in [0.5, 0.6) is 17.2 Å². The molecule has 0 unspecified atom stereocenters. The van der Waals surface area contributed by atoms with E-state index in [4.69, 9.17) is 5.73 Å². The molecule has 0 saturated carbocycles. The number of carbonyl (C=O) groups excluding carboxylic acids is 1. The maximum absolute atomic E-state index is 12.5. The fourth-order valence-corrected chi connectivity index (χ4v) is 3.35. The van der Waals surface area contributed by atoms with Gasteiger partial charge >= 0.3 is 0 Å². The summed E-state index contributed by atoms with van der Waals surface area (Å²) in [5.41, 5.74) is 5.65. The van der Waals surface area contributed by atoms with Crippen molar-refractivity contribution >= 4 is 32.6 Å². The molecule has 0 saturated heterocycles. The topological polar surface area (TPSA) is 121 Å². The van der Waals surface area contributed by atoms with Gasteiger partial charge in [0.05, 0.1) is 9.86 Å². The van der Waals surface area contributed by atoms with E-state index in [1.54, 1.807) is 0 Å². The summed E-state index contributed by atoms with van der Waals surface area (Å²) in [6, 6.07) is 11.5. The van der Waals surface area contributed by atoms with Crippen molar-refractivity contribution in [2.24, 2.45) is 5.73 Å². The number of benzene rings is 2. The van der Waals surface area contributed by atoms with Gasteiger partial charge in [-0.1, -0.05) is 30.3 Å². The number of hydrogen-bond acceptors (Lipinski definition) is 5. The molecule has 5 N–H and O–H groups in total. The van der Waals surface area contributed by atoms with Gasteiger partial charge in [0.1, 0.15) is 0 Å². The van der Waals surface area contributed by atoms with E-state index in [0.29, 0.717) is 12.0 Å². The van der Waals surface area contributed by atoms with Crippen LogP contribution in [0.25, 0.3) is 10.8 Å². The number of amides is 1. The Kier molecular flexibility index (Phi) is 4.56. The van der Waals surface area contributed by atoms with Gasteiger partial charge in [0.15, 0.2) is 17.2 Å². The minimum atomic E-state index is -0.915. The van der Waals surface area contributed by atoms with Crippen molar-refractivity contribution in [2.45, 2.75) is 6.42 Å². The van der Waals surface area contributed by atoms with E-state index in [9.17, 15) is 24.9 Å². The van der Waals surface area contributed by atoms with Crippen LogP contribution in [0.4, 0.5) is 0 Å². The van der Waals surface area contributed by atoms with Gasteiger partial charge in [-0.2, -0.15) is 0 Å². The highest BCUT2D eigenvalue weighted by Gasteiger charge is 2.21. The molecule has 0 aliphatic carbocycles. The lowest BCUT2D eigenvalue weighted by molar-refractivity contribution is 0.1000. The molecule has 0 heterocycles. The molecule has 3 aromatic carbocycles. The Hall–Kier alpha value is -3.06. The van der Waals surface area contributed by atoms with Gasteiger partial charge < -0.3 is 21.1 Å². The molecule has 3 rings (SSSR count). The summed E-state index contributed by atoms with van der Waals surface area (Å²) < 4.78 is 0.187. The summed E-state index contributed by atoms with van der Waals surface area (Å²) in [5.74, 6) is -2.80. The van der Waals surface area contributed by atoms with Crippen LogP contribution in [0.3, 0.4) is 0 Å². The molecule has 1 amide bonds. The van der Waals surface area contributed by atoms with Gasteiger partial charge in [0.25, 0.3) is 0 Å². The van der Waals surface area contributed by atoms with E-state index < -0.39 is 28.6 Å². The number of primary amides is 1. The van der Waals surface area contributed by atoms with Crippen LogP contribution in [0.1, 0.15) is 21.5 Å². The van der Waals surface area contributed by atoms with Gasteiger partial charge in [0.2, 0.25) is 11.3 Å². The van der Waals surface area contributed by atoms with Crippen LogP contribution < -0.4 is 11.2 Å². The molecule has 0 radical (unpaired) electrons. The molecule has 0 spiro atoms. The highest BCUT2D eigenvalue weighted by Crippen LogP contribution is 2.43. The zero-order valence-corrected chi connectivity index (χ0v) is 14.9. The first-order valence-corrected chi connectivity index (χ1v) is 8.37. The Labute approximate surface area is 156 Å². The number of phenols is 2. The standard InChI is InChI=1S/C19H14BrNO5/c20-15-12(6-9-4-2-1-3-5-9)11-7-10(19(21)26)8-13(22)16(23)14(11)17(24)18(15)25/h1-5,7-8,24-25H,6H2,(H2,21,26)(H,22,23). The van der Waals surface area contributed by atoms with Gasteiger partial charge in [0, 0.05) is 5.56 Å². The Balaban J connectivity index is 2.49. The number of phenolic OH excluding ortho intramolecular Hbond substituents is 2. The Morgan fingerprint density at radius 2 is 1.69 bits per heavy atom. The van der Waals surface area contributed by atoms with Crippen molar-refractivity contribution in [1.29, 1.82) is 0 Å². The molecule has 0 atom stereocenters. The molecule has 0 bridgehead atoms. The van der Waals surface area contributed by atoms with Crippen molar-refractivity contribution in [2.75, 3.05) is 0 Å². The lowest BCUT2D eigenvalue weighted by Gasteiger charge is -2.12. The molecule has 0 aromatic heterocycles. The van der Waals surface area contributed by atoms with Gasteiger partial charge in [-0.05, 0) is 51.0 Å². The zero-order chi connectivity index (χ0) is 19.0. The summed E-state index contributed by atoms with van der Waals surface area (Å²) in [6.45, 7) is 0. The van der Waals surface area contributed by atoms with Crippen LogP contribution in [-0.2, 0) is 6.42 Å². The first-order valence-electron chi connectivity index (χ1n) is 7.58. The molecular weight excluding hydrogens is 402 g/mol. The number of halogens is 1. The van der Waals surface area contributed by atoms with Crippen LogP contribution >= 0.6 is 15.9 Å². The Bertz CT molecular complexity index is 1100. The monoisotopic (exact) mass is 415 g/mol. The number of aromatic hydroxyl groups is 3. The van der Waals surface area contributed by atoms with E-state index in [-0.39, 0.29) is 20.8 Å². The normalized spacial score (nSPS) is 10.8. The van der Waals surface area contributed by atoms with Gasteiger partial charge in [-0.3, -0.25) is 9.59 Å². The summed E-state index contributed by atoms with van der Waals surface area (Å²) >= 11 is 3.24. The zero-order valence-electron chi connectivity index (χ0n) is 13.4. The maximum atomic E-state index is 12.5. The quantitative estimate of drug-likeness (QED) is 0.490. The number of hydrogen-bond donors (Lipinski definition) is 4. The molecule has 0 fully saturated rings. The smallest absolute Gasteiger partial charge is 0.248 e. The molecule has 6 nitrogen and oxygen atoms in total. The van der Waals surface area contributed by atoms with E-state index >= 15 is 0 Å². The third-order valence-corrected chi connectivity index (χ3v) is 4.94. The molecule has 0 aliphatic heterocycles.